The molecule has 1 spiro atoms. The van der Waals surface area contributed by atoms with Gasteiger partial charge in [0.15, 0.2) is 17.7 Å². The van der Waals surface area contributed by atoms with Crippen molar-refractivity contribution < 1.29 is 49.0 Å². The van der Waals surface area contributed by atoms with Crippen molar-refractivity contribution in [2.75, 3.05) is 6.61 Å². The monoisotopic (exact) mass is 516 g/mol. The van der Waals surface area contributed by atoms with Crippen LogP contribution in [0.25, 0.3) is 0 Å². The van der Waals surface area contributed by atoms with Gasteiger partial charge in [0, 0.05) is 24.2 Å². The minimum absolute atomic E-state index is 0.00507. The van der Waals surface area contributed by atoms with Crippen LogP contribution in [-0.2, 0) is 28.5 Å². The second-order valence-electron chi connectivity index (χ2n) is 11.4. The predicted octanol–water partition coefficient (Wildman–Crippen LogP) is 0.804. The molecule has 14 atom stereocenters. The number of aliphatic hydroxyl groups is 4. The fourth-order valence-corrected chi connectivity index (χ4v) is 5.62. The van der Waals surface area contributed by atoms with Crippen LogP contribution in [0.15, 0.2) is 0 Å². The van der Waals surface area contributed by atoms with Crippen LogP contribution in [0.2, 0.25) is 0 Å². The zero-order valence-electron chi connectivity index (χ0n) is 22.4. The first-order chi connectivity index (χ1) is 16.7. The Morgan fingerprint density at radius 2 is 1.44 bits per heavy atom. The number of carbonyl (C=O) groups is 2. The third-order valence-electron chi connectivity index (χ3n) is 8.59. The first-order valence-electron chi connectivity index (χ1n) is 13.1. The molecule has 3 heterocycles. The average Bonchev–Trinajstić information content (AvgIpc) is 3.62. The molecule has 36 heavy (non-hydrogen) atoms. The maximum absolute atomic E-state index is 13.3. The number of ether oxygens (including phenoxy) is 4. The lowest BCUT2D eigenvalue weighted by molar-refractivity contribution is -0.273. The SMILES string of the molecule is C[C@@H]1[C@@H](O)[C@@H](C)C[C@@]2(CO2)C(=O)[C@H](C)[C@@H](O)[C@@H](C)[C@@H](C)OC(=O)[C@H](C)[C@H]1O[C@H]1C[C@H](O)[C@@H](O)[C@H](C)O1. The average molecular weight is 517 g/mol. The Kier molecular flexibility index (Phi) is 9.24. The minimum Gasteiger partial charge on any atom is -0.462 e. The van der Waals surface area contributed by atoms with Crippen molar-refractivity contribution in [3.8, 4) is 0 Å². The number of aliphatic hydroxyl groups excluding tert-OH is 4. The van der Waals surface area contributed by atoms with Crippen LogP contribution in [0.4, 0.5) is 0 Å². The fraction of sp³-hybridized carbons (Fsp3) is 0.923. The molecule has 3 aliphatic heterocycles. The van der Waals surface area contributed by atoms with E-state index < -0.39 is 84.3 Å². The molecular formula is C26H44O10. The molecule has 0 unspecified atom stereocenters. The van der Waals surface area contributed by atoms with Gasteiger partial charge in [-0.15, -0.1) is 0 Å². The van der Waals surface area contributed by atoms with Gasteiger partial charge in [-0.2, -0.15) is 0 Å². The number of cyclic esters (lactones) is 1. The van der Waals surface area contributed by atoms with Crippen LogP contribution in [0.1, 0.15) is 61.3 Å². The Bertz CT molecular complexity index is 773. The van der Waals surface area contributed by atoms with E-state index in [4.69, 9.17) is 18.9 Å². The molecule has 0 aromatic heterocycles. The van der Waals surface area contributed by atoms with Gasteiger partial charge in [-0.3, -0.25) is 9.59 Å². The highest BCUT2D eigenvalue weighted by Gasteiger charge is 2.56. The highest BCUT2D eigenvalue weighted by molar-refractivity contribution is 5.92. The molecule has 3 fully saturated rings. The van der Waals surface area contributed by atoms with Gasteiger partial charge in [0.1, 0.15) is 12.2 Å². The molecule has 0 aliphatic carbocycles. The van der Waals surface area contributed by atoms with E-state index in [1.54, 1.807) is 41.5 Å². The van der Waals surface area contributed by atoms with E-state index in [0.717, 1.165) is 0 Å². The lowest BCUT2D eigenvalue weighted by Crippen LogP contribution is -2.52. The Hall–Kier alpha value is -1.14. The molecule has 0 bridgehead atoms. The number of Topliss-reactive ketones (excluding diaryl/α,β-unsaturated/α-hetero) is 1. The van der Waals surface area contributed by atoms with Crippen LogP contribution in [-0.4, -0.2) is 93.4 Å². The summed E-state index contributed by atoms with van der Waals surface area (Å²) < 4.78 is 23.2. The van der Waals surface area contributed by atoms with Crippen molar-refractivity contribution in [3.05, 3.63) is 0 Å². The number of hydrogen-bond donors (Lipinski definition) is 4. The van der Waals surface area contributed by atoms with E-state index in [-0.39, 0.29) is 31.1 Å². The number of esters is 1. The Morgan fingerprint density at radius 1 is 0.833 bits per heavy atom. The number of ketones is 1. The van der Waals surface area contributed by atoms with Crippen molar-refractivity contribution in [3.63, 3.8) is 0 Å². The van der Waals surface area contributed by atoms with Crippen molar-refractivity contribution in [2.45, 2.75) is 116 Å². The molecule has 10 nitrogen and oxygen atoms in total. The molecular weight excluding hydrogens is 472 g/mol. The molecule has 0 aromatic carbocycles. The fourth-order valence-electron chi connectivity index (χ4n) is 5.62. The van der Waals surface area contributed by atoms with E-state index in [1.807, 2.05) is 6.92 Å². The smallest absolute Gasteiger partial charge is 0.311 e. The maximum atomic E-state index is 13.3. The summed E-state index contributed by atoms with van der Waals surface area (Å²) in [4.78, 5) is 26.5. The van der Waals surface area contributed by atoms with Crippen molar-refractivity contribution in [2.24, 2.45) is 29.6 Å². The van der Waals surface area contributed by atoms with Gasteiger partial charge in [0.05, 0.1) is 43.0 Å². The second-order valence-corrected chi connectivity index (χ2v) is 11.4. The van der Waals surface area contributed by atoms with Crippen molar-refractivity contribution >= 4 is 11.8 Å². The van der Waals surface area contributed by atoms with Gasteiger partial charge in [0.2, 0.25) is 0 Å². The van der Waals surface area contributed by atoms with Crippen LogP contribution in [0.5, 0.6) is 0 Å². The molecule has 0 amide bonds. The van der Waals surface area contributed by atoms with Crippen LogP contribution >= 0.6 is 0 Å². The Labute approximate surface area is 213 Å². The van der Waals surface area contributed by atoms with Gasteiger partial charge in [0.25, 0.3) is 0 Å². The third-order valence-corrected chi connectivity index (χ3v) is 8.59. The number of hydrogen-bond acceptors (Lipinski definition) is 10. The van der Waals surface area contributed by atoms with Crippen molar-refractivity contribution in [1.82, 2.24) is 0 Å². The van der Waals surface area contributed by atoms with Crippen LogP contribution in [0, 0.1) is 29.6 Å². The molecule has 0 saturated carbocycles. The molecule has 3 aliphatic rings. The molecule has 10 heteroatoms. The first-order valence-corrected chi connectivity index (χ1v) is 13.1. The summed E-state index contributed by atoms with van der Waals surface area (Å²) in [5.74, 6) is -3.81. The number of carbonyl (C=O) groups excluding carboxylic acids is 2. The van der Waals surface area contributed by atoms with Crippen LogP contribution in [0.3, 0.4) is 0 Å². The van der Waals surface area contributed by atoms with Crippen LogP contribution < -0.4 is 0 Å². The normalized spacial score (nSPS) is 51.5. The topological polar surface area (TPSA) is 155 Å². The maximum Gasteiger partial charge on any atom is 0.311 e. The summed E-state index contributed by atoms with van der Waals surface area (Å²) in [6.45, 7) is 12.1. The molecule has 0 radical (unpaired) electrons. The highest BCUT2D eigenvalue weighted by Crippen LogP contribution is 2.41. The number of epoxide rings is 1. The Morgan fingerprint density at radius 3 is 2.00 bits per heavy atom. The van der Waals surface area contributed by atoms with E-state index in [2.05, 4.69) is 0 Å². The largest absolute Gasteiger partial charge is 0.462 e. The van der Waals surface area contributed by atoms with Gasteiger partial charge >= 0.3 is 5.97 Å². The van der Waals surface area contributed by atoms with E-state index >= 15 is 0 Å². The Balaban J connectivity index is 1.90. The van der Waals surface area contributed by atoms with Gasteiger partial charge in [-0.05, 0) is 33.1 Å². The summed E-state index contributed by atoms with van der Waals surface area (Å²) >= 11 is 0. The quantitative estimate of drug-likeness (QED) is 0.306. The third kappa shape index (κ3) is 5.95. The summed E-state index contributed by atoms with van der Waals surface area (Å²) in [5.41, 5.74) is -1.05. The minimum atomic E-state index is -1.05. The van der Waals surface area contributed by atoms with Crippen molar-refractivity contribution in [1.29, 1.82) is 0 Å². The van der Waals surface area contributed by atoms with Gasteiger partial charge in [-0.1, -0.05) is 27.7 Å². The lowest BCUT2D eigenvalue weighted by Gasteiger charge is -2.41. The zero-order chi connectivity index (χ0) is 27.1. The molecule has 3 rings (SSSR count). The van der Waals surface area contributed by atoms with E-state index in [0.29, 0.717) is 0 Å². The number of rotatable bonds is 2. The summed E-state index contributed by atoms with van der Waals surface area (Å²) in [6.07, 6.45) is -6.96. The zero-order valence-corrected chi connectivity index (χ0v) is 22.4. The lowest BCUT2D eigenvalue weighted by atomic mass is 9.76. The molecule has 3 saturated heterocycles. The van der Waals surface area contributed by atoms with Gasteiger partial charge < -0.3 is 39.4 Å². The molecule has 4 N–H and O–H groups in total. The van der Waals surface area contributed by atoms with E-state index in [9.17, 15) is 30.0 Å². The predicted molar refractivity (Wildman–Crippen MR) is 128 cm³/mol. The highest BCUT2D eigenvalue weighted by atomic mass is 16.7. The molecule has 208 valence electrons. The summed E-state index contributed by atoms with van der Waals surface area (Å²) in [5, 5.41) is 42.4. The summed E-state index contributed by atoms with van der Waals surface area (Å²) in [7, 11) is 0. The van der Waals surface area contributed by atoms with E-state index in [1.165, 1.54) is 0 Å². The molecule has 0 aromatic rings. The van der Waals surface area contributed by atoms with Gasteiger partial charge in [-0.25, -0.2) is 0 Å². The standard InChI is InChI=1S/C26H44O10/c1-11-9-26(10-33-26)24(31)14(4)21(29)12(2)16(6)35-25(32)15(5)23(13(3)20(11)28)36-19-8-18(27)22(30)17(7)34-19/h11-23,27-30H,8-10H2,1-7H3/t11-,12-,13+,14+,15+,16+,17-,18-,19-,20-,21-,22-,23-,26+/m0/s1. The first kappa shape index (κ1) is 29.4. The second kappa shape index (κ2) is 11.3. The summed E-state index contributed by atoms with van der Waals surface area (Å²) in [6, 6.07) is 0.